The van der Waals surface area contributed by atoms with Crippen molar-refractivity contribution in [2.24, 2.45) is 10.1 Å². The standard InChI is InChI=1S/C7H8N4O3/c1-3-9-7(13)10-6(12)5(4-8)11-14-2/h3H,1-2H3,(H,10,12,13). The van der Waals surface area contributed by atoms with E-state index in [1.807, 2.05) is 5.32 Å². The molecule has 0 aromatic rings. The third-order valence-electron chi connectivity index (χ3n) is 0.970. The maximum atomic E-state index is 11.0. The maximum Gasteiger partial charge on any atom is 0.347 e. The SMILES string of the molecule is CC=NC(=O)NC(=O)C(C#N)=NOC. The molecule has 0 aliphatic heterocycles. The first-order chi connectivity index (χ1) is 6.65. The lowest BCUT2D eigenvalue weighted by atomic mass is 10.4. The van der Waals surface area contributed by atoms with Gasteiger partial charge in [-0.1, -0.05) is 5.16 Å². The Kier molecular flexibility index (Phi) is 5.30. The van der Waals surface area contributed by atoms with Gasteiger partial charge in [0.1, 0.15) is 13.2 Å². The number of nitriles is 1. The van der Waals surface area contributed by atoms with Gasteiger partial charge in [-0.25, -0.2) is 9.79 Å². The second-order valence-corrected chi connectivity index (χ2v) is 1.88. The molecule has 0 aliphatic rings. The molecule has 7 heteroatoms. The Morgan fingerprint density at radius 3 is 2.64 bits per heavy atom. The lowest BCUT2D eigenvalue weighted by Crippen LogP contribution is -2.33. The highest BCUT2D eigenvalue weighted by molar-refractivity contribution is 6.46. The van der Waals surface area contributed by atoms with Gasteiger partial charge in [0.2, 0.25) is 5.71 Å². The monoisotopic (exact) mass is 196 g/mol. The van der Waals surface area contributed by atoms with Crippen LogP contribution in [0.2, 0.25) is 0 Å². The first-order valence-electron chi connectivity index (χ1n) is 3.51. The van der Waals surface area contributed by atoms with Crippen LogP contribution in [-0.2, 0) is 9.63 Å². The van der Waals surface area contributed by atoms with Gasteiger partial charge in [0, 0.05) is 6.21 Å². The second-order valence-electron chi connectivity index (χ2n) is 1.88. The highest BCUT2D eigenvalue weighted by atomic mass is 16.6. The average molecular weight is 196 g/mol. The number of imide groups is 1. The molecule has 0 saturated carbocycles. The fraction of sp³-hybridized carbons (Fsp3) is 0.286. The number of aliphatic imine (C=N–C) groups is 1. The summed E-state index contributed by atoms with van der Waals surface area (Å²) < 4.78 is 0. The van der Waals surface area contributed by atoms with Crippen LogP contribution in [0.5, 0.6) is 0 Å². The van der Waals surface area contributed by atoms with Crippen LogP contribution in [0, 0.1) is 11.3 Å². The van der Waals surface area contributed by atoms with E-state index in [1.165, 1.54) is 26.3 Å². The number of carbonyl (C=O) groups is 2. The molecule has 0 aromatic heterocycles. The molecule has 0 saturated heterocycles. The quantitative estimate of drug-likeness (QED) is 0.489. The molecule has 3 amide bonds. The van der Waals surface area contributed by atoms with Crippen molar-refractivity contribution in [3.63, 3.8) is 0 Å². The van der Waals surface area contributed by atoms with Crippen LogP contribution in [0.15, 0.2) is 10.1 Å². The molecule has 74 valence electrons. The minimum absolute atomic E-state index is 0.549. The van der Waals surface area contributed by atoms with Gasteiger partial charge in [-0.2, -0.15) is 5.26 Å². The van der Waals surface area contributed by atoms with Crippen LogP contribution in [0.25, 0.3) is 0 Å². The fourth-order valence-corrected chi connectivity index (χ4v) is 0.510. The predicted molar refractivity (Wildman–Crippen MR) is 47.8 cm³/mol. The van der Waals surface area contributed by atoms with Crippen LogP contribution < -0.4 is 5.32 Å². The van der Waals surface area contributed by atoms with Gasteiger partial charge in [-0.3, -0.25) is 10.1 Å². The van der Waals surface area contributed by atoms with Crippen LogP contribution in [0.3, 0.4) is 0 Å². The summed E-state index contributed by atoms with van der Waals surface area (Å²) in [5, 5.41) is 13.3. The molecule has 0 radical (unpaired) electrons. The van der Waals surface area contributed by atoms with E-state index >= 15 is 0 Å². The topological polar surface area (TPSA) is 104 Å². The third kappa shape index (κ3) is 3.96. The van der Waals surface area contributed by atoms with Crippen molar-refractivity contribution in [1.29, 1.82) is 5.26 Å². The Hall–Kier alpha value is -2.23. The van der Waals surface area contributed by atoms with E-state index in [0.29, 0.717) is 0 Å². The summed E-state index contributed by atoms with van der Waals surface area (Å²) >= 11 is 0. The van der Waals surface area contributed by atoms with E-state index in [2.05, 4.69) is 15.0 Å². The number of nitrogens with zero attached hydrogens (tertiary/aromatic N) is 3. The molecule has 0 atom stereocenters. The lowest BCUT2D eigenvalue weighted by molar-refractivity contribution is -0.113. The molecule has 7 nitrogen and oxygen atoms in total. The van der Waals surface area contributed by atoms with Crippen LogP contribution in [0.4, 0.5) is 4.79 Å². The van der Waals surface area contributed by atoms with Gasteiger partial charge in [0.25, 0.3) is 5.91 Å². The first kappa shape index (κ1) is 11.8. The Balaban J connectivity index is 4.42. The van der Waals surface area contributed by atoms with E-state index in [-0.39, 0.29) is 0 Å². The smallest absolute Gasteiger partial charge is 0.347 e. The van der Waals surface area contributed by atoms with Crippen molar-refractivity contribution in [3.05, 3.63) is 0 Å². The van der Waals surface area contributed by atoms with E-state index in [9.17, 15) is 9.59 Å². The molecule has 0 bridgehead atoms. The molecule has 0 rings (SSSR count). The fourth-order valence-electron chi connectivity index (χ4n) is 0.510. The molecule has 0 aliphatic carbocycles. The zero-order valence-corrected chi connectivity index (χ0v) is 7.64. The number of oxime groups is 1. The van der Waals surface area contributed by atoms with Gasteiger partial charge in [-0.05, 0) is 6.92 Å². The third-order valence-corrected chi connectivity index (χ3v) is 0.970. The summed E-state index contributed by atoms with van der Waals surface area (Å²) in [5.74, 6) is -0.954. The Morgan fingerprint density at radius 2 is 2.21 bits per heavy atom. The predicted octanol–water partition coefficient (Wildman–Crippen LogP) is -0.161. The Bertz CT molecular complexity index is 326. The van der Waals surface area contributed by atoms with Gasteiger partial charge in [0.05, 0.1) is 0 Å². The maximum absolute atomic E-state index is 11.0. The molecular formula is C7H8N4O3. The largest absolute Gasteiger partial charge is 0.398 e. The number of rotatable bonds is 2. The first-order valence-corrected chi connectivity index (χ1v) is 3.51. The molecule has 14 heavy (non-hydrogen) atoms. The normalized spacial score (nSPS) is 10.8. The van der Waals surface area contributed by atoms with Crippen molar-refractivity contribution in [3.8, 4) is 6.07 Å². The number of amides is 3. The van der Waals surface area contributed by atoms with Gasteiger partial charge >= 0.3 is 6.03 Å². The Morgan fingerprint density at radius 1 is 1.57 bits per heavy atom. The molecule has 1 N–H and O–H groups in total. The van der Waals surface area contributed by atoms with Crippen molar-refractivity contribution >= 4 is 23.9 Å². The second kappa shape index (κ2) is 6.30. The molecular weight excluding hydrogens is 188 g/mol. The van der Waals surface area contributed by atoms with Crippen molar-refractivity contribution < 1.29 is 14.4 Å². The number of urea groups is 1. The van der Waals surface area contributed by atoms with Gasteiger partial charge in [-0.15, -0.1) is 0 Å². The van der Waals surface area contributed by atoms with E-state index < -0.39 is 17.6 Å². The summed E-state index contributed by atoms with van der Waals surface area (Å²) in [6.07, 6.45) is 1.21. The molecule has 0 fully saturated rings. The minimum atomic E-state index is -0.954. The van der Waals surface area contributed by atoms with Crippen molar-refractivity contribution in [2.45, 2.75) is 6.92 Å². The van der Waals surface area contributed by atoms with E-state index in [4.69, 9.17) is 5.26 Å². The molecule has 0 heterocycles. The van der Waals surface area contributed by atoms with E-state index in [0.717, 1.165) is 0 Å². The zero-order chi connectivity index (χ0) is 11.0. The zero-order valence-electron chi connectivity index (χ0n) is 7.64. The number of carbonyl (C=O) groups excluding carboxylic acids is 2. The summed E-state index contributed by atoms with van der Waals surface area (Å²) in [6, 6.07) is 0.595. The molecule has 0 spiro atoms. The van der Waals surface area contributed by atoms with Crippen molar-refractivity contribution in [2.75, 3.05) is 7.11 Å². The summed E-state index contributed by atoms with van der Waals surface area (Å²) in [7, 11) is 1.18. The highest BCUT2D eigenvalue weighted by Crippen LogP contribution is 1.81. The Labute approximate surface area is 80.1 Å². The highest BCUT2D eigenvalue weighted by Gasteiger charge is 2.13. The molecule has 0 aromatic carbocycles. The summed E-state index contributed by atoms with van der Waals surface area (Å²) in [4.78, 5) is 29.2. The van der Waals surface area contributed by atoms with Gasteiger partial charge in [0.15, 0.2) is 0 Å². The minimum Gasteiger partial charge on any atom is -0.398 e. The van der Waals surface area contributed by atoms with Gasteiger partial charge < -0.3 is 4.84 Å². The number of hydrogen-bond acceptors (Lipinski definition) is 5. The average Bonchev–Trinajstić information content (AvgIpc) is 2.14. The van der Waals surface area contributed by atoms with E-state index in [1.54, 1.807) is 0 Å². The summed E-state index contributed by atoms with van der Waals surface area (Å²) in [5.41, 5.74) is -0.549. The van der Waals surface area contributed by atoms with Crippen LogP contribution in [-0.4, -0.2) is 31.0 Å². The van der Waals surface area contributed by atoms with Crippen LogP contribution >= 0.6 is 0 Å². The molecule has 0 unspecified atom stereocenters. The number of hydrogen-bond donors (Lipinski definition) is 1. The summed E-state index contributed by atoms with van der Waals surface area (Å²) in [6.45, 7) is 1.51. The van der Waals surface area contributed by atoms with Crippen LogP contribution in [0.1, 0.15) is 6.92 Å². The number of nitrogens with one attached hydrogen (secondary N) is 1. The van der Waals surface area contributed by atoms with Crippen molar-refractivity contribution in [1.82, 2.24) is 5.32 Å². The lowest BCUT2D eigenvalue weighted by Gasteiger charge is -1.96.